The summed E-state index contributed by atoms with van der Waals surface area (Å²) in [7, 11) is 6.40. The number of benzene rings is 2. The van der Waals surface area contributed by atoms with Gasteiger partial charge in [-0.3, -0.25) is 14.4 Å². The fourth-order valence-corrected chi connectivity index (χ4v) is 6.59. The number of fused-ring (bicyclic) bond motifs is 4. The SMILES string of the molecule is COCCn1ccc2c(NC(=O)CCCCCNc3ccc4c(cc3=O)C(NC(C)=O)CCc3cc(OC)c(OC)c(OC)c3-4)cccc21. The average Bonchev–Trinajstić information content (AvgIpc) is 3.37. The highest BCUT2D eigenvalue weighted by atomic mass is 16.5. The number of unbranched alkanes of at least 4 members (excludes halogenated alkanes) is 2. The summed E-state index contributed by atoms with van der Waals surface area (Å²) in [6.45, 7) is 3.41. The van der Waals surface area contributed by atoms with E-state index in [0.717, 1.165) is 59.1 Å². The zero-order valence-electron chi connectivity index (χ0n) is 28.9. The van der Waals surface area contributed by atoms with E-state index < -0.39 is 0 Å². The van der Waals surface area contributed by atoms with Crippen molar-refractivity contribution >= 4 is 34.1 Å². The zero-order valence-corrected chi connectivity index (χ0v) is 28.9. The summed E-state index contributed by atoms with van der Waals surface area (Å²) in [5.74, 6) is 1.32. The summed E-state index contributed by atoms with van der Waals surface area (Å²) in [6, 6.07) is 14.8. The lowest BCUT2D eigenvalue weighted by Crippen LogP contribution is -2.26. The highest BCUT2D eigenvalue weighted by Crippen LogP contribution is 2.50. The maximum atomic E-state index is 13.5. The third kappa shape index (κ3) is 8.00. The van der Waals surface area contributed by atoms with E-state index in [9.17, 15) is 14.4 Å². The van der Waals surface area contributed by atoms with Gasteiger partial charge in [-0.2, -0.15) is 0 Å². The van der Waals surface area contributed by atoms with Gasteiger partial charge in [-0.1, -0.05) is 18.6 Å². The molecule has 11 nitrogen and oxygen atoms in total. The Balaban J connectivity index is 1.25. The minimum absolute atomic E-state index is 0.0257. The molecule has 3 N–H and O–H groups in total. The summed E-state index contributed by atoms with van der Waals surface area (Å²) in [5.41, 5.74) is 5.41. The number of anilines is 2. The normalized spacial score (nSPS) is 13.5. The molecule has 1 aliphatic rings. The average molecular weight is 671 g/mol. The van der Waals surface area contributed by atoms with Gasteiger partial charge in [0.15, 0.2) is 11.5 Å². The molecule has 49 heavy (non-hydrogen) atoms. The fourth-order valence-electron chi connectivity index (χ4n) is 6.59. The molecule has 0 bridgehead atoms. The Hall–Kier alpha value is -5.03. The zero-order chi connectivity index (χ0) is 34.9. The number of carbonyl (C=O) groups excluding carboxylic acids is 2. The molecule has 0 radical (unpaired) electrons. The molecule has 1 unspecified atom stereocenters. The molecule has 0 saturated heterocycles. The second kappa shape index (κ2) is 16.4. The number of ether oxygens (including phenoxy) is 4. The number of hydrogen-bond donors (Lipinski definition) is 3. The Kier molecular flexibility index (Phi) is 11.8. The van der Waals surface area contributed by atoms with E-state index in [-0.39, 0.29) is 23.3 Å². The standard InChI is InChI=1S/C38H46N4O7/c1-24(43)40-30-15-13-25-22-34(47-3)37(48-4)38(49-5)36(25)26-14-16-31(33(44)23-28(26)30)39-18-8-6-7-12-35(45)41-29-10-9-11-32-27(29)17-19-42(32)20-21-46-2/h9-11,14,16-17,19,22-23,30H,6-8,12-13,15,18,20-21H2,1-5H3,(H,39,44)(H,40,43)(H,41,45). The number of carbonyl (C=O) groups is 2. The Morgan fingerprint density at radius 1 is 0.918 bits per heavy atom. The Morgan fingerprint density at radius 3 is 2.47 bits per heavy atom. The topological polar surface area (TPSA) is 129 Å². The van der Waals surface area contributed by atoms with Gasteiger partial charge in [0.1, 0.15) is 0 Å². The molecule has 0 spiro atoms. The fraction of sp³-hybridized carbons (Fsp3) is 0.395. The third-order valence-corrected chi connectivity index (χ3v) is 8.94. The molecule has 4 aromatic rings. The van der Waals surface area contributed by atoms with E-state index in [1.54, 1.807) is 40.6 Å². The number of hydrogen-bond acceptors (Lipinski definition) is 8. The van der Waals surface area contributed by atoms with Gasteiger partial charge in [0, 0.05) is 50.7 Å². The Labute approximate surface area is 286 Å². The van der Waals surface area contributed by atoms with Crippen LogP contribution in [0.4, 0.5) is 11.4 Å². The monoisotopic (exact) mass is 670 g/mol. The van der Waals surface area contributed by atoms with Gasteiger partial charge in [-0.05, 0) is 78.8 Å². The quantitative estimate of drug-likeness (QED) is 0.130. The lowest BCUT2D eigenvalue weighted by atomic mass is 9.95. The van der Waals surface area contributed by atoms with Crippen molar-refractivity contribution in [2.24, 2.45) is 0 Å². The summed E-state index contributed by atoms with van der Waals surface area (Å²) >= 11 is 0. The molecule has 5 rings (SSSR count). The van der Waals surface area contributed by atoms with Gasteiger partial charge in [0.05, 0.1) is 50.9 Å². The van der Waals surface area contributed by atoms with Crippen molar-refractivity contribution < 1.29 is 28.5 Å². The molecule has 1 aromatic heterocycles. The molecule has 2 amide bonds. The van der Waals surface area contributed by atoms with Crippen molar-refractivity contribution in [3.63, 3.8) is 0 Å². The van der Waals surface area contributed by atoms with Crippen molar-refractivity contribution in [3.05, 3.63) is 76.1 Å². The number of rotatable bonds is 15. The first-order chi connectivity index (χ1) is 23.8. The summed E-state index contributed by atoms with van der Waals surface area (Å²) in [6.07, 6.45) is 5.96. The van der Waals surface area contributed by atoms with E-state index in [1.165, 1.54) is 6.92 Å². The molecule has 0 fully saturated rings. The lowest BCUT2D eigenvalue weighted by molar-refractivity contribution is -0.119. The van der Waals surface area contributed by atoms with E-state index in [0.29, 0.717) is 60.9 Å². The minimum atomic E-state index is -0.372. The highest BCUT2D eigenvalue weighted by molar-refractivity contribution is 6.01. The van der Waals surface area contributed by atoms with Crippen molar-refractivity contribution in [3.8, 4) is 28.4 Å². The molecule has 1 aliphatic carbocycles. The van der Waals surface area contributed by atoms with E-state index in [2.05, 4.69) is 20.5 Å². The maximum Gasteiger partial charge on any atom is 0.224 e. The smallest absolute Gasteiger partial charge is 0.224 e. The molecule has 1 atom stereocenters. The van der Waals surface area contributed by atoms with Crippen molar-refractivity contribution in [1.82, 2.24) is 9.88 Å². The van der Waals surface area contributed by atoms with E-state index in [1.807, 2.05) is 42.6 Å². The van der Waals surface area contributed by atoms with Crippen LogP contribution in [0.5, 0.6) is 17.2 Å². The van der Waals surface area contributed by atoms with Gasteiger partial charge >= 0.3 is 0 Å². The van der Waals surface area contributed by atoms with Crippen LogP contribution < -0.4 is 35.6 Å². The van der Waals surface area contributed by atoms with Gasteiger partial charge in [0.2, 0.25) is 23.0 Å². The third-order valence-electron chi connectivity index (χ3n) is 8.94. The van der Waals surface area contributed by atoms with Crippen molar-refractivity contribution in [1.29, 1.82) is 0 Å². The maximum absolute atomic E-state index is 13.5. The number of methoxy groups -OCH3 is 4. The molecule has 0 saturated carbocycles. The number of amides is 2. The van der Waals surface area contributed by atoms with Crippen LogP contribution in [0, 0.1) is 0 Å². The first kappa shape index (κ1) is 35.3. The minimum Gasteiger partial charge on any atom is -0.493 e. The van der Waals surface area contributed by atoms with Crippen LogP contribution in [0.3, 0.4) is 0 Å². The summed E-state index contributed by atoms with van der Waals surface area (Å²) in [4.78, 5) is 38.5. The highest BCUT2D eigenvalue weighted by Gasteiger charge is 2.29. The molecule has 260 valence electrons. The van der Waals surface area contributed by atoms with Gasteiger partial charge in [0.25, 0.3) is 0 Å². The second-order valence-corrected chi connectivity index (χ2v) is 12.1. The number of aryl methyl sites for hydroxylation is 1. The number of nitrogens with zero attached hydrogens (tertiary/aromatic N) is 1. The number of nitrogens with one attached hydrogen (secondary N) is 3. The lowest BCUT2D eigenvalue weighted by Gasteiger charge is -2.19. The molecular weight excluding hydrogens is 624 g/mol. The molecular formula is C38H46N4O7. The van der Waals surface area contributed by atoms with Gasteiger partial charge in [-0.25, -0.2) is 0 Å². The number of aromatic nitrogens is 1. The van der Waals surface area contributed by atoms with Crippen LogP contribution in [-0.4, -0.2) is 58.0 Å². The van der Waals surface area contributed by atoms with Crippen LogP contribution in [0.1, 0.15) is 56.2 Å². The summed E-state index contributed by atoms with van der Waals surface area (Å²) in [5, 5.41) is 10.4. The Morgan fingerprint density at radius 2 is 1.73 bits per heavy atom. The predicted molar refractivity (Wildman–Crippen MR) is 192 cm³/mol. The van der Waals surface area contributed by atoms with Crippen molar-refractivity contribution in [2.75, 3.05) is 52.2 Å². The van der Waals surface area contributed by atoms with Gasteiger partial charge in [-0.15, -0.1) is 0 Å². The van der Waals surface area contributed by atoms with Gasteiger partial charge < -0.3 is 39.5 Å². The predicted octanol–water partition coefficient (Wildman–Crippen LogP) is 6.08. The molecule has 11 heteroatoms. The van der Waals surface area contributed by atoms with Crippen LogP contribution in [-0.2, 0) is 27.3 Å². The second-order valence-electron chi connectivity index (χ2n) is 12.1. The van der Waals surface area contributed by atoms with Crippen LogP contribution in [0.25, 0.3) is 22.0 Å². The first-order valence-corrected chi connectivity index (χ1v) is 16.7. The molecule has 1 heterocycles. The van der Waals surface area contributed by atoms with Crippen LogP contribution in [0.15, 0.2) is 59.5 Å². The van der Waals surface area contributed by atoms with Crippen LogP contribution in [0.2, 0.25) is 0 Å². The first-order valence-electron chi connectivity index (χ1n) is 16.7. The van der Waals surface area contributed by atoms with E-state index in [4.69, 9.17) is 18.9 Å². The molecule has 0 aliphatic heterocycles. The summed E-state index contributed by atoms with van der Waals surface area (Å²) < 4.78 is 24.5. The largest absolute Gasteiger partial charge is 0.493 e. The molecule has 3 aromatic carbocycles. The Bertz CT molecular complexity index is 1870. The van der Waals surface area contributed by atoms with E-state index >= 15 is 0 Å². The van der Waals surface area contributed by atoms with Crippen molar-refractivity contribution in [2.45, 2.75) is 58.0 Å². The van der Waals surface area contributed by atoms with Crippen LogP contribution >= 0.6 is 0 Å².